The van der Waals surface area contributed by atoms with Crippen molar-refractivity contribution in [2.24, 2.45) is 0 Å². The molecule has 0 radical (unpaired) electrons. The van der Waals surface area contributed by atoms with Crippen molar-refractivity contribution in [3.8, 4) is 0 Å². The number of fused-ring (bicyclic) bond motifs is 2. The van der Waals surface area contributed by atoms with Crippen LogP contribution in [0.15, 0.2) is 72.8 Å². The molecule has 0 aromatic heterocycles. The summed E-state index contributed by atoms with van der Waals surface area (Å²) in [5.41, 5.74) is 1.90. The van der Waals surface area contributed by atoms with Gasteiger partial charge in [0.15, 0.2) is 0 Å². The van der Waals surface area contributed by atoms with Crippen molar-refractivity contribution in [2.45, 2.75) is 4.87 Å². The normalized spacial score (nSPS) is 19.3. The van der Waals surface area contributed by atoms with E-state index in [2.05, 4.69) is 5.32 Å². The second-order valence-corrected chi connectivity index (χ2v) is 8.77. The van der Waals surface area contributed by atoms with Crippen LogP contribution < -0.4 is 15.1 Å². The number of amides is 3. The highest BCUT2D eigenvalue weighted by Crippen LogP contribution is 2.55. The predicted octanol–water partition coefficient (Wildman–Crippen LogP) is 3.88. The maximum Gasteiger partial charge on any atom is 0.269 e. The van der Waals surface area contributed by atoms with Crippen LogP contribution in [0.2, 0.25) is 0 Å². The number of thioether (sulfide) groups is 1. The molecule has 1 unspecified atom stereocenters. The van der Waals surface area contributed by atoms with E-state index in [1.807, 2.05) is 0 Å². The topological polar surface area (TPSA) is 69.7 Å². The van der Waals surface area contributed by atoms with Gasteiger partial charge in [-0.3, -0.25) is 24.2 Å². The fraction of sp³-hybridized carbons (Fsp3) is 0.125. The predicted molar refractivity (Wildman–Crippen MR) is 122 cm³/mol. The fourth-order valence-electron chi connectivity index (χ4n) is 4.18. The molecule has 166 valence electrons. The van der Waals surface area contributed by atoms with E-state index in [1.54, 1.807) is 24.3 Å². The summed E-state index contributed by atoms with van der Waals surface area (Å²) in [5, 5.41) is 2.66. The molecule has 3 aromatic carbocycles. The Labute approximate surface area is 192 Å². The Kier molecular flexibility index (Phi) is 5.13. The van der Waals surface area contributed by atoms with Gasteiger partial charge in [0.25, 0.3) is 5.91 Å². The van der Waals surface area contributed by atoms with Crippen molar-refractivity contribution in [1.29, 1.82) is 0 Å². The Morgan fingerprint density at radius 3 is 2.27 bits per heavy atom. The van der Waals surface area contributed by atoms with Gasteiger partial charge in [0.2, 0.25) is 16.7 Å². The van der Waals surface area contributed by atoms with Gasteiger partial charge in [-0.2, -0.15) is 0 Å². The van der Waals surface area contributed by atoms with Crippen molar-refractivity contribution in [2.75, 3.05) is 27.4 Å². The van der Waals surface area contributed by atoms with Crippen LogP contribution in [0.3, 0.4) is 0 Å². The molecule has 1 N–H and O–H groups in total. The Bertz CT molecular complexity index is 1270. The zero-order valence-corrected chi connectivity index (χ0v) is 17.9. The molecule has 2 heterocycles. The Hall–Kier alpha value is -3.72. The number of hydrogen-bond donors (Lipinski definition) is 1. The summed E-state index contributed by atoms with van der Waals surface area (Å²) in [5.74, 6) is -2.01. The minimum absolute atomic E-state index is 0.0626. The molecule has 1 saturated heterocycles. The first kappa shape index (κ1) is 21.1. The summed E-state index contributed by atoms with van der Waals surface area (Å²) < 4.78 is 26.7. The molecule has 0 saturated carbocycles. The minimum atomic E-state index is -1.39. The van der Waals surface area contributed by atoms with Crippen molar-refractivity contribution < 1.29 is 23.2 Å². The van der Waals surface area contributed by atoms with Gasteiger partial charge < -0.3 is 5.32 Å². The minimum Gasteiger partial charge on any atom is -0.325 e. The highest BCUT2D eigenvalue weighted by atomic mass is 32.2. The summed E-state index contributed by atoms with van der Waals surface area (Å²) >= 11 is 1.17. The monoisotopic (exact) mass is 465 g/mol. The van der Waals surface area contributed by atoms with Crippen molar-refractivity contribution in [1.82, 2.24) is 0 Å². The average Bonchev–Trinajstić information content (AvgIpc) is 3.27. The van der Waals surface area contributed by atoms with Crippen LogP contribution in [0.5, 0.6) is 0 Å². The molecule has 2 aliphatic rings. The number of rotatable bonds is 4. The van der Waals surface area contributed by atoms with Gasteiger partial charge in [-0.05, 0) is 54.6 Å². The van der Waals surface area contributed by atoms with Crippen LogP contribution in [-0.4, -0.2) is 30.0 Å². The quantitative estimate of drug-likeness (QED) is 0.635. The number of nitrogens with one attached hydrogen (secondary N) is 1. The third-order valence-electron chi connectivity index (χ3n) is 5.58. The molecule has 9 heteroatoms. The lowest BCUT2D eigenvalue weighted by atomic mass is 10.0. The number of benzene rings is 3. The molecule has 3 aromatic rings. The Morgan fingerprint density at radius 1 is 0.939 bits per heavy atom. The number of carbonyl (C=O) groups is 3. The molecule has 6 nitrogen and oxygen atoms in total. The second kappa shape index (κ2) is 8.00. The number of anilines is 3. The SMILES string of the molecule is O=C(CN1C(=O)C2(SCC(=O)N2c2ccc(F)cc2)c2ccccc21)Nc1ccc(F)cc1. The molecular weight excluding hydrogens is 448 g/mol. The first-order valence-electron chi connectivity index (χ1n) is 10.1. The highest BCUT2D eigenvalue weighted by molar-refractivity contribution is 8.02. The maximum atomic E-state index is 13.8. The molecule has 1 atom stereocenters. The fourth-order valence-corrected chi connectivity index (χ4v) is 5.54. The van der Waals surface area contributed by atoms with Gasteiger partial charge in [-0.15, -0.1) is 11.8 Å². The number of hydrogen-bond acceptors (Lipinski definition) is 4. The molecule has 0 aliphatic carbocycles. The lowest BCUT2D eigenvalue weighted by molar-refractivity contribution is -0.124. The summed E-state index contributed by atoms with van der Waals surface area (Å²) in [6.07, 6.45) is 0. The lowest BCUT2D eigenvalue weighted by Gasteiger charge is -2.33. The number of nitrogens with zero attached hydrogens (tertiary/aromatic N) is 2. The van der Waals surface area contributed by atoms with Crippen molar-refractivity contribution in [3.05, 3.63) is 90.0 Å². The van der Waals surface area contributed by atoms with E-state index in [0.29, 0.717) is 22.6 Å². The molecule has 33 heavy (non-hydrogen) atoms. The maximum absolute atomic E-state index is 13.8. The van der Waals surface area contributed by atoms with E-state index in [0.717, 1.165) is 0 Å². The smallest absolute Gasteiger partial charge is 0.269 e. The molecule has 2 aliphatic heterocycles. The van der Waals surface area contributed by atoms with Crippen LogP contribution in [-0.2, 0) is 19.3 Å². The van der Waals surface area contributed by atoms with Gasteiger partial charge in [-0.1, -0.05) is 18.2 Å². The van der Waals surface area contributed by atoms with Crippen molar-refractivity contribution >= 4 is 46.5 Å². The van der Waals surface area contributed by atoms with E-state index in [-0.39, 0.29) is 18.2 Å². The summed E-state index contributed by atoms with van der Waals surface area (Å²) in [7, 11) is 0. The first-order chi connectivity index (χ1) is 15.9. The van der Waals surface area contributed by atoms with E-state index >= 15 is 0 Å². The molecule has 1 spiro atoms. The standard InChI is InChI=1S/C24H17F2N3O3S/c25-15-5-9-17(10-6-15)27-21(30)13-28-20-4-2-1-3-19(20)24(23(28)32)29(22(31)14-33-24)18-11-7-16(26)8-12-18/h1-12H,13-14H2,(H,27,30). The van der Waals surface area contributed by atoms with Crippen molar-refractivity contribution in [3.63, 3.8) is 0 Å². The highest BCUT2D eigenvalue weighted by Gasteiger charge is 2.61. The largest absolute Gasteiger partial charge is 0.325 e. The second-order valence-electron chi connectivity index (χ2n) is 7.60. The lowest BCUT2D eigenvalue weighted by Crippen LogP contribution is -2.50. The van der Waals surface area contributed by atoms with E-state index in [9.17, 15) is 23.2 Å². The first-order valence-corrected chi connectivity index (χ1v) is 11.1. The van der Waals surface area contributed by atoms with Crippen LogP contribution in [0.25, 0.3) is 0 Å². The number of halogens is 2. The number of para-hydroxylation sites is 1. The van der Waals surface area contributed by atoms with Gasteiger partial charge in [0.1, 0.15) is 18.2 Å². The zero-order chi connectivity index (χ0) is 23.2. The average molecular weight is 465 g/mol. The van der Waals surface area contributed by atoms with Crippen LogP contribution in [0.4, 0.5) is 25.8 Å². The van der Waals surface area contributed by atoms with Gasteiger partial charge in [-0.25, -0.2) is 8.78 Å². The van der Waals surface area contributed by atoms with Crippen LogP contribution in [0.1, 0.15) is 5.56 Å². The molecule has 5 rings (SSSR count). The van der Waals surface area contributed by atoms with Gasteiger partial charge in [0, 0.05) is 16.9 Å². The summed E-state index contributed by atoms with van der Waals surface area (Å²) in [4.78, 5) is 40.8. The summed E-state index contributed by atoms with van der Waals surface area (Å²) in [6, 6.07) is 17.7. The third kappa shape index (κ3) is 3.45. The summed E-state index contributed by atoms with van der Waals surface area (Å²) in [6.45, 7) is -0.291. The van der Waals surface area contributed by atoms with E-state index in [1.165, 1.54) is 70.1 Å². The van der Waals surface area contributed by atoms with Gasteiger partial charge >= 0.3 is 0 Å². The zero-order valence-electron chi connectivity index (χ0n) is 17.1. The Morgan fingerprint density at radius 2 is 1.58 bits per heavy atom. The van der Waals surface area contributed by atoms with Gasteiger partial charge in [0.05, 0.1) is 11.4 Å². The Balaban J connectivity index is 1.50. The van der Waals surface area contributed by atoms with E-state index < -0.39 is 28.3 Å². The number of carbonyl (C=O) groups excluding carboxylic acids is 3. The van der Waals surface area contributed by atoms with Crippen LogP contribution in [0, 0.1) is 11.6 Å². The van der Waals surface area contributed by atoms with Crippen LogP contribution >= 0.6 is 11.8 Å². The molecule has 0 bridgehead atoms. The molecule has 3 amide bonds. The molecular formula is C24H17F2N3O3S. The van der Waals surface area contributed by atoms with E-state index in [4.69, 9.17) is 0 Å². The molecule has 1 fully saturated rings. The third-order valence-corrected chi connectivity index (χ3v) is 6.96.